The van der Waals surface area contributed by atoms with Crippen molar-refractivity contribution in [2.45, 2.75) is 12.2 Å². The molecule has 0 aromatic carbocycles. The Labute approximate surface area is 71.6 Å². The van der Waals surface area contributed by atoms with E-state index < -0.39 is 5.41 Å². The largest absolute Gasteiger partial charge is 0.369 e. The summed E-state index contributed by atoms with van der Waals surface area (Å²) in [6.45, 7) is 1.78. The first-order chi connectivity index (χ1) is 5.07. The molecule has 0 bridgehead atoms. The minimum Gasteiger partial charge on any atom is -0.369 e. The molecule has 0 aromatic rings. The van der Waals surface area contributed by atoms with Crippen molar-refractivity contribution in [2.75, 3.05) is 0 Å². The van der Waals surface area contributed by atoms with Crippen LogP contribution in [0.2, 0.25) is 0 Å². The molecule has 0 saturated heterocycles. The standard InChI is InChI=1S/C8H11NOS/c1-8(7(9)10)5-3-2-4-6(8)11/h2-6,11H,1H3,(H2,9,10). The maximum atomic E-state index is 11.0. The molecule has 2 N–H and O–H groups in total. The summed E-state index contributed by atoms with van der Waals surface area (Å²) in [6.07, 6.45) is 7.32. The number of thiol groups is 1. The third-order valence-corrected chi connectivity index (χ3v) is 2.70. The molecule has 0 aliphatic heterocycles. The molecule has 0 spiro atoms. The van der Waals surface area contributed by atoms with Crippen molar-refractivity contribution in [2.24, 2.45) is 11.1 Å². The molecule has 1 aliphatic carbocycles. The number of amides is 1. The molecule has 3 heteroatoms. The van der Waals surface area contributed by atoms with Gasteiger partial charge in [0.2, 0.25) is 5.91 Å². The fourth-order valence-electron chi connectivity index (χ4n) is 0.951. The van der Waals surface area contributed by atoms with Gasteiger partial charge in [-0.1, -0.05) is 24.3 Å². The monoisotopic (exact) mass is 169 g/mol. The van der Waals surface area contributed by atoms with E-state index in [9.17, 15) is 4.79 Å². The van der Waals surface area contributed by atoms with Crippen molar-refractivity contribution in [3.05, 3.63) is 24.3 Å². The molecule has 0 aromatic heterocycles. The van der Waals surface area contributed by atoms with E-state index in [1.165, 1.54) is 0 Å². The molecular weight excluding hydrogens is 158 g/mol. The molecular formula is C8H11NOS. The van der Waals surface area contributed by atoms with Gasteiger partial charge in [-0.25, -0.2) is 0 Å². The van der Waals surface area contributed by atoms with Crippen LogP contribution in [0.1, 0.15) is 6.92 Å². The quantitative estimate of drug-likeness (QED) is 0.563. The van der Waals surface area contributed by atoms with Gasteiger partial charge in [-0.3, -0.25) is 4.79 Å². The van der Waals surface area contributed by atoms with Crippen molar-refractivity contribution in [1.82, 2.24) is 0 Å². The lowest BCUT2D eigenvalue weighted by Gasteiger charge is -2.28. The second kappa shape index (κ2) is 2.74. The zero-order valence-corrected chi connectivity index (χ0v) is 7.21. The smallest absolute Gasteiger partial charge is 0.228 e. The first kappa shape index (κ1) is 8.40. The van der Waals surface area contributed by atoms with Gasteiger partial charge in [0.1, 0.15) is 0 Å². The van der Waals surface area contributed by atoms with Gasteiger partial charge in [-0.15, -0.1) is 0 Å². The summed E-state index contributed by atoms with van der Waals surface area (Å²) >= 11 is 4.24. The molecule has 2 unspecified atom stereocenters. The third-order valence-electron chi connectivity index (χ3n) is 1.99. The minimum absolute atomic E-state index is 0.106. The molecule has 0 fully saturated rings. The number of hydrogen-bond donors (Lipinski definition) is 2. The molecule has 1 rings (SSSR count). The van der Waals surface area contributed by atoms with Crippen LogP contribution in [0.15, 0.2) is 24.3 Å². The molecule has 0 radical (unpaired) electrons. The highest BCUT2D eigenvalue weighted by Crippen LogP contribution is 2.30. The first-order valence-electron chi connectivity index (χ1n) is 3.41. The Morgan fingerprint density at radius 1 is 1.64 bits per heavy atom. The van der Waals surface area contributed by atoms with Gasteiger partial charge >= 0.3 is 0 Å². The molecule has 11 heavy (non-hydrogen) atoms. The second-order valence-corrected chi connectivity index (χ2v) is 3.39. The molecule has 0 heterocycles. The van der Waals surface area contributed by atoms with E-state index in [-0.39, 0.29) is 11.2 Å². The van der Waals surface area contributed by atoms with Gasteiger partial charge in [0.05, 0.1) is 5.41 Å². The van der Waals surface area contributed by atoms with Crippen LogP contribution in [0.3, 0.4) is 0 Å². The van der Waals surface area contributed by atoms with Crippen LogP contribution in [0, 0.1) is 5.41 Å². The van der Waals surface area contributed by atoms with Crippen LogP contribution in [-0.2, 0) is 4.79 Å². The van der Waals surface area contributed by atoms with Crippen molar-refractivity contribution in [1.29, 1.82) is 0 Å². The summed E-state index contributed by atoms with van der Waals surface area (Å²) in [5.74, 6) is -0.335. The van der Waals surface area contributed by atoms with Crippen LogP contribution in [0.25, 0.3) is 0 Å². The van der Waals surface area contributed by atoms with E-state index in [1.807, 2.05) is 18.2 Å². The lowest BCUT2D eigenvalue weighted by atomic mass is 9.82. The van der Waals surface area contributed by atoms with Gasteiger partial charge in [0.15, 0.2) is 0 Å². The van der Waals surface area contributed by atoms with Crippen LogP contribution in [0.4, 0.5) is 0 Å². The van der Waals surface area contributed by atoms with Crippen LogP contribution in [0.5, 0.6) is 0 Å². The predicted octanol–water partition coefficient (Wildman–Crippen LogP) is 0.902. The zero-order chi connectivity index (χ0) is 8.48. The number of carbonyl (C=O) groups is 1. The summed E-state index contributed by atoms with van der Waals surface area (Å²) in [5, 5.41) is -0.106. The Hall–Kier alpha value is -0.700. The predicted molar refractivity (Wildman–Crippen MR) is 48.4 cm³/mol. The number of primary amides is 1. The molecule has 1 amide bonds. The topological polar surface area (TPSA) is 43.1 Å². The lowest BCUT2D eigenvalue weighted by Crippen LogP contribution is -2.40. The van der Waals surface area contributed by atoms with Crippen molar-refractivity contribution < 1.29 is 4.79 Å². The molecule has 2 nitrogen and oxygen atoms in total. The van der Waals surface area contributed by atoms with Gasteiger partial charge in [0, 0.05) is 5.25 Å². The summed E-state index contributed by atoms with van der Waals surface area (Å²) in [6, 6.07) is 0. The fraction of sp³-hybridized carbons (Fsp3) is 0.375. The number of allylic oxidation sites excluding steroid dienone is 2. The lowest BCUT2D eigenvalue weighted by molar-refractivity contribution is -0.124. The molecule has 1 aliphatic rings. The van der Waals surface area contributed by atoms with E-state index >= 15 is 0 Å². The van der Waals surface area contributed by atoms with Crippen molar-refractivity contribution >= 4 is 18.5 Å². The molecule has 60 valence electrons. The van der Waals surface area contributed by atoms with E-state index in [4.69, 9.17) is 5.73 Å². The fourth-order valence-corrected chi connectivity index (χ4v) is 1.26. The average molecular weight is 169 g/mol. The van der Waals surface area contributed by atoms with Gasteiger partial charge in [-0.2, -0.15) is 12.6 Å². The molecule has 2 atom stereocenters. The highest BCUT2D eigenvalue weighted by molar-refractivity contribution is 7.81. The summed E-state index contributed by atoms with van der Waals surface area (Å²) in [5.41, 5.74) is 4.59. The van der Waals surface area contributed by atoms with Crippen molar-refractivity contribution in [3.63, 3.8) is 0 Å². The number of carbonyl (C=O) groups excluding carboxylic acids is 1. The summed E-state index contributed by atoms with van der Waals surface area (Å²) in [4.78, 5) is 11.0. The maximum Gasteiger partial charge on any atom is 0.228 e. The minimum atomic E-state index is -0.627. The Balaban J connectivity index is 2.94. The Morgan fingerprint density at radius 2 is 2.27 bits per heavy atom. The number of rotatable bonds is 1. The zero-order valence-electron chi connectivity index (χ0n) is 6.32. The van der Waals surface area contributed by atoms with E-state index in [0.717, 1.165) is 0 Å². The second-order valence-electron chi connectivity index (χ2n) is 2.84. The Bertz CT molecular complexity index is 234. The number of hydrogen-bond acceptors (Lipinski definition) is 2. The van der Waals surface area contributed by atoms with Crippen LogP contribution >= 0.6 is 12.6 Å². The Kier molecular flexibility index (Phi) is 2.09. The average Bonchev–Trinajstić information content (AvgIpc) is 1.95. The van der Waals surface area contributed by atoms with E-state index in [0.29, 0.717) is 0 Å². The van der Waals surface area contributed by atoms with E-state index in [1.54, 1.807) is 13.0 Å². The third kappa shape index (κ3) is 1.33. The maximum absolute atomic E-state index is 11.0. The highest BCUT2D eigenvalue weighted by Gasteiger charge is 2.34. The summed E-state index contributed by atoms with van der Waals surface area (Å²) < 4.78 is 0. The first-order valence-corrected chi connectivity index (χ1v) is 3.93. The Morgan fingerprint density at radius 3 is 2.64 bits per heavy atom. The van der Waals surface area contributed by atoms with Crippen molar-refractivity contribution in [3.8, 4) is 0 Å². The number of nitrogens with two attached hydrogens (primary N) is 1. The van der Waals surface area contributed by atoms with Gasteiger partial charge in [0.25, 0.3) is 0 Å². The SMILES string of the molecule is CC1(C(N)=O)C=CC=CC1S. The van der Waals surface area contributed by atoms with E-state index in [2.05, 4.69) is 12.6 Å². The summed E-state index contributed by atoms with van der Waals surface area (Å²) in [7, 11) is 0. The normalized spacial score (nSPS) is 35.6. The van der Waals surface area contributed by atoms with Gasteiger partial charge in [-0.05, 0) is 6.92 Å². The highest BCUT2D eigenvalue weighted by atomic mass is 32.1. The van der Waals surface area contributed by atoms with Crippen LogP contribution in [-0.4, -0.2) is 11.2 Å². The van der Waals surface area contributed by atoms with Crippen LogP contribution < -0.4 is 5.73 Å². The van der Waals surface area contributed by atoms with Gasteiger partial charge < -0.3 is 5.73 Å². The molecule has 0 saturated carbocycles.